The van der Waals surface area contributed by atoms with Crippen LogP contribution in [0.2, 0.25) is 0 Å². The fraction of sp³-hybridized carbons (Fsp3) is 0.200. The second-order valence-corrected chi connectivity index (χ2v) is 7.19. The first kappa shape index (κ1) is 15.8. The molecular weight excluding hydrogens is 332 g/mol. The highest BCUT2D eigenvalue weighted by Gasteiger charge is 2.26. The molecule has 0 radical (unpaired) electrons. The average Bonchev–Trinajstić information content (AvgIpc) is 3.05. The lowest BCUT2D eigenvalue weighted by molar-refractivity contribution is -0.121. The van der Waals surface area contributed by atoms with Gasteiger partial charge in [-0.15, -0.1) is 11.3 Å². The number of rotatable bonds is 3. The van der Waals surface area contributed by atoms with Crippen LogP contribution in [0.25, 0.3) is 11.3 Å². The first-order chi connectivity index (χ1) is 12.1. The van der Waals surface area contributed by atoms with Crippen molar-refractivity contribution in [2.24, 2.45) is 0 Å². The molecule has 0 saturated heterocycles. The van der Waals surface area contributed by atoms with E-state index in [4.69, 9.17) is 4.74 Å². The molecule has 0 bridgehead atoms. The number of benzene rings is 2. The van der Waals surface area contributed by atoms with Gasteiger partial charge in [-0.05, 0) is 43.2 Å². The molecule has 2 aromatic carbocycles. The van der Waals surface area contributed by atoms with Crippen molar-refractivity contribution in [3.63, 3.8) is 0 Å². The van der Waals surface area contributed by atoms with Crippen LogP contribution in [0.5, 0.6) is 5.75 Å². The molecule has 1 aliphatic rings. The van der Waals surface area contributed by atoms with Gasteiger partial charge in [-0.2, -0.15) is 0 Å². The molecule has 0 spiro atoms. The fourth-order valence-electron chi connectivity index (χ4n) is 2.99. The smallest absolute Gasteiger partial charge is 0.265 e. The first-order valence-corrected chi connectivity index (χ1v) is 9.04. The van der Waals surface area contributed by atoms with E-state index in [1.807, 2.05) is 47.5 Å². The van der Waals surface area contributed by atoms with Crippen molar-refractivity contribution in [3.8, 4) is 17.0 Å². The minimum atomic E-state index is -0.0256. The Balaban J connectivity index is 1.74. The molecule has 1 amide bonds. The van der Waals surface area contributed by atoms with Crippen LogP contribution in [0.15, 0.2) is 47.8 Å². The van der Waals surface area contributed by atoms with Gasteiger partial charge in [0.1, 0.15) is 5.75 Å². The van der Waals surface area contributed by atoms with Crippen molar-refractivity contribution in [1.82, 2.24) is 4.98 Å². The van der Waals surface area contributed by atoms with Gasteiger partial charge in [0.15, 0.2) is 6.61 Å². The topological polar surface area (TPSA) is 42.4 Å². The number of aromatic nitrogens is 1. The van der Waals surface area contributed by atoms with Gasteiger partial charge < -0.3 is 9.64 Å². The number of hydrogen-bond donors (Lipinski definition) is 0. The molecule has 0 unspecified atom stereocenters. The van der Waals surface area contributed by atoms with Crippen LogP contribution < -0.4 is 9.64 Å². The van der Waals surface area contributed by atoms with E-state index in [2.05, 4.69) is 24.0 Å². The molecule has 4 nitrogen and oxygen atoms in total. The van der Waals surface area contributed by atoms with E-state index in [9.17, 15) is 4.79 Å². The Bertz CT molecular complexity index is 948. The number of carbonyl (C=O) groups is 1. The Morgan fingerprint density at radius 1 is 1.20 bits per heavy atom. The maximum absolute atomic E-state index is 12.5. The summed E-state index contributed by atoms with van der Waals surface area (Å²) in [5, 5.41) is 3.06. The van der Waals surface area contributed by atoms with Gasteiger partial charge in [0.25, 0.3) is 5.91 Å². The average molecular weight is 350 g/mol. The largest absolute Gasteiger partial charge is 0.482 e. The third-order valence-corrected chi connectivity index (χ3v) is 5.18. The number of anilines is 1. The molecule has 0 N–H and O–H groups in total. The van der Waals surface area contributed by atoms with Crippen molar-refractivity contribution in [3.05, 3.63) is 64.0 Å². The van der Waals surface area contributed by atoms with Crippen molar-refractivity contribution >= 4 is 22.9 Å². The molecule has 2 heterocycles. The maximum atomic E-state index is 12.5. The summed E-state index contributed by atoms with van der Waals surface area (Å²) in [6, 6.07) is 14.1. The minimum Gasteiger partial charge on any atom is -0.482 e. The zero-order valence-electron chi connectivity index (χ0n) is 14.2. The number of ether oxygens (including phenoxy) is 1. The highest BCUT2D eigenvalue weighted by molar-refractivity contribution is 7.09. The lowest BCUT2D eigenvalue weighted by atomic mass is 10.1. The van der Waals surface area contributed by atoms with E-state index in [0.717, 1.165) is 33.3 Å². The third kappa shape index (κ3) is 3.03. The summed E-state index contributed by atoms with van der Waals surface area (Å²) in [7, 11) is 0. The summed E-state index contributed by atoms with van der Waals surface area (Å²) in [6.07, 6.45) is 0. The van der Waals surface area contributed by atoms with Gasteiger partial charge in [-0.1, -0.05) is 24.3 Å². The molecule has 25 heavy (non-hydrogen) atoms. The fourth-order valence-corrected chi connectivity index (χ4v) is 3.61. The molecule has 0 fully saturated rings. The van der Waals surface area contributed by atoms with E-state index in [-0.39, 0.29) is 12.5 Å². The highest BCUT2D eigenvalue weighted by Crippen LogP contribution is 2.37. The van der Waals surface area contributed by atoms with E-state index < -0.39 is 0 Å². The normalized spacial score (nSPS) is 13.5. The van der Waals surface area contributed by atoms with Crippen LogP contribution in [0.1, 0.15) is 16.1 Å². The molecule has 3 aromatic rings. The summed E-state index contributed by atoms with van der Waals surface area (Å²) in [6.45, 7) is 4.68. The van der Waals surface area contributed by atoms with Crippen LogP contribution in [0.3, 0.4) is 0 Å². The number of carbonyl (C=O) groups excluding carboxylic acids is 1. The van der Waals surface area contributed by atoms with Gasteiger partial charge in [-0.3, -0.25) is 4.79 Å². The Morgan fingerprint density at radius 2 is 2.04 bits per heavy atom. The van der Waals surface area contributed by atoms with E-state index in [1.165, 1.54) is 5.56 Å². The van der Waals surface area contributed by atoms with Crippen LogP contribution in [0.4, 0.5) is 5.69 Å². The summed E-state index contributed by atoms with van der Waals surface area (Å²) >= 11 is 1.62. The Hall–Kier alpha value is -2.66. The van der Waals surface area contributed by atoms with E-state index in [1.54, 1.807) is 11.3 Å². The van der Waals surface area contributed by atoms with Crippen LogP contribution in [0, 0.1) is 13.8 Å². The van der Waals surface area contributed by atoms with Crippen molar-refractivity contribution < 1.29 is 9.53 Å². The Kier molecular flexibility index (Phi) is 4.01. The molecule has 126 valence electrons. The lowest BCUT2D eigenvalue weighted by Gasteiger charge is -2.30. The Labute approximate surface area is 150 Å². The monoisotopic (exact) mass is 350 g/mol. The van der Waals surface area contributed by atoms with Crippen LogP contribution in [-0.4, -0.2) is 17.5 Å². The molecule has 1 aliphatic heterocycles. The minimum absolute atomic E-state index is 0.0256. The lowest BCUT2D eigenvalue weighted by Crippen LogP contribution is -2.38. The van der Waals surface area contributed by atoms with Crippen LogP contribution >= 0.6 is 11.3 Å². The predicted molar refractivity (Wildman–Crippen MR) is 100 cm³/mol. The second-order valence-electron chi connectivity index (χ2n) is 6.13. The van der Waals surface area contributed by atoms with Gasteiger partial charge >= 0.3 is 0 Å². The number of fused-ring (bicyclic) bond motifs is 1. The standard InChI is InChI=1S/C20H18N2O2S/c1-13-5-3-4-6-16(13)10-22-18-9-15(17-12-25-14(2)21-17)7-8-19(18)24-11-20(22)23/h3-9,12H,10-11H2,1-2H3. The van der Waals surface area contributed by atoms with E-state index in [0.29, 0.717) is 6.54 Å². The number of hydrogen-bond acceptors (Lipinski definition) is 4. The molecule has 0 aliphatic carbocycles. The van der Waals surface area contributed by atoms with Crippen molar-refractivity contribution in [1.29, 1.82) is 0 Å². The SMILES string of the molecule is Cc1nc(-c2ccc3c(c2)N(Cc2ccccc2C)C(=O)CO3)cs1. The highest BCUT2D eigenvalue weighted by atomic mass is 32.1. The zero-order valence-corrected chi connectivity index (χ0v) is 15.0. The molecule has 0 atom stereocenters. The molecule has 5 heteroatoms. The zero-order chi connectivity index (χ0) is 17.4. The van der Waals surface area contributed by atoms with Gasteiger partial charge in [0.2, 0.25) is 0 Å². The maximum Gasteiger partial charge on any atom is 0.265 e. The third-order valence-electron chi connectivity index (χ3n) is 4.41. The summed E-state index contributed by atoms with van der Waals surface area (Å²) < 4.78 is 5.62. The van der Waals surface area contributed by atoms with Crippen LogP contribution in [-0.2, 0) is 11.3 Å². The second kappa shape index (κ2) is 6.33. The number of amides is 1. The molecule has 0 saturated carbocycles. The number of thiazole rings is 1. The molecule has 1 aromatic heterocycles. The molecule has 4 rings (SSSR count). The number of aryl methyl sites for hydroxylation is 2. The first-order valence-electron chi connectivity index (χ1n) is 8.16. The Morgan fingerprint density at radius 3 is 2.80 bits per heavy atom. The summed E-state index contributed by atoms with van der Waals surface area (Å²) in [5.41, 5.74) is 5.05. The van der Waals surface area contributed by atoms with Gasteiger partial charge in [0, 0.05) is 10.9 Å². The summed E-state index contributed by atoms with van der Waals surface area (Å²) in [4.78, 5) is 18.9. The van der Waals surface area contributed by atoms with Gasteiger partial charge in [-0.25, -0.2) is 4.98 Å². The van der Waals surface area contributed by atoms with Gasteiger partial charge in [0.05, 0.1) is 22.9 Å². The van der Waals surface area contributed by atoms with E-state index >= 15 is 0 Å². The van der Waals surface area contributed by atoms with Crippen molar-refractivity contribution in [2.45, 2.75) is 20.4 Å². The predicted octanol–water partition coefficient (Wildman–Crippen LogP) is 4.35. The number of nitrogens with zero attached hydrogens (tertiary/aromatic N) is 2. The van der Waals surface area contributed by atoms with Crippen molar-refractivity contribution in [2.75, 3.05) is 11.5 Å². The summed E-state index contributed by atoms with van der Waals surface area (Å²) in [5.74, 6) is 0.714. The quantitative estimate of drug-likeness (QED) is 0.705. The molecular formula is C20H18N2O2S.